The molecule has 0 saturated carbocycles. The summed E-state index contributed by atoms with van der Waals surface area (Å²) in [6.07, 6.45) is 2.29. The number of carbonyl (C=O) groups excluding carboxylic acids is 2. The van der Waals surface area contributed by atoms with E-state index in [2.05, 4.69) is 18.8 Å². The zero-order valence-corrected chi connectivity index (χ0v) is 18.6. The van der Waals surface area contributed by atoms with E-state index in [1.165, 1.54) is 4.90 Å². The van der Waals surface area contributed by atoms with Crippen molar-refractivity contribution in [3.63, 3.8) is 0 Å². The van der Waals surface area contributed by atoms with Crippen molar-refractivity contribution in [3.8, 4) is 22.6 Å². The summed E-state index contributed by atoms with van der Waals surface area (Å²) in [6, 6.07) is 14.2. The fourth-order valence-electron chi connectivity index (χ4n) is 4.51. The lowest BCUT2D eigenvalue weighted by Crippen LogP contribution is -2.44. The molecule has 1 atom stereocenters. The lowest BCUT2D eigenvalue weighted by molar-refractivity contribution is 0.0507. The third-order valence-electron chi connectivity index (χ3n) is 6.02. The quantitative estimate of drug-likeness (QED) is 0.571. The molecule has 3 heterocycles. The van der Waals surface area contributed by atoms with Gasteiger partial charge in [0, 0.05) is 11.1 Å². The zero-order valence-electron chi connectivity index (χ0n) is 18.6. The summed E-state index contributed by atoms with van der Waals surface area (Å²) >= 11 is 0. The number of pyridine rings is 1. The summed E-state index contributed by atoms with van der Waals surface area (Å²) in [5, 5.41) is 0. The van der Waals surface area contributed by atoms with E-state index in [0.29, 0.717) is 41.5 Å². The number of rotatable bonds is 6. The molecule has 5 rings (SSSR count). The van der Waals surface area contributed by atoms with E-state index in [1.54, 1.807) is 36.5 Å². The molecule has 2 aliphatic heterocycles. The van der Waals surface area contributed by atoms with Crippen molar-refractivity contribution < 1.29 is 19.1 Å². The van der Waals surface area contributed by atoms with E-state index in [4.69, 9.17) is 15.2 Å². The Morgan fingerprint density at radius 3 is 2.45 bits per heavy atom. The highest BCUT2D eigenvalue weighted by Gasteiger charge is 2.40. The molecule has 2 aromatic carbocycles. The predicted octanol–water partition coefficient (Wildman–Crippen LogP) is 4.31. The largest absolute Gasteiger partial charge is 0.491 e. The molecule has 0 radical (unpaired) electrons. The van der Waals surface area contributed by atoms with Gasteiger partial charge in [-0.15, -0.1) is 0 Å². The van der Waals surface area contributed by atoms with Crippen LogP contribution in [0.1, 0.15) is 46.5 Å². The fourth-order valence-corrected chi connectivity index (χ4v) is 4.51. The first-order valence-electron chi connectivity index (χ1n) is 11.0. The first-order chi connectivity index (χ1) is 15.9. The van der Waals surface area contributed by atoms with Crippen LogP contribution in [0.2, 0.25) is 0 Å². The number of nitrogen functional groups attached to an aromatic ring is 1. The summed E-state index contributed by atoms with van der Waals surface area (Å²) < 4.78 is 11.9. The number of ether oxygens (including phenoxy) is 2. The van der Waals surface area contributed by atoms with Crippen LogP contribution in [0.4, 0.5) is 5.82 Å². The number of hydrogen-bond acceptors (Lipinski definition) is 6. The van der Waals surface area contributed by atoms with Gasteiger partial charge in [0.25, 0.3) is 11.8 Å². The molecule has 0 saturated heterocycles. The van der Waals surface area contributed by atoms with Crippen molar-refractivity contribution in [2.75, 3.05) is 12.3 Å². The maximum atomic E-state index is 13.0. The van der Waals surface area contributed by atoms with E-state index in [-0.39, 0.29) is 30.4 Å². The molecule has 2 aliphatic rings. The number of nitrogens with two attached hydrogens (primary N) is 1. The normalized spacial score (nSPS) is 15.1. The Balaban J connectivity index is 1.37. The van der Waals surface area contributed by atoms with Gasteiger partial charge in [0.05, 0.1) is 23.4 Å². The lowest BCUT2D eigenvalue weighted by atomic mass is 9.97. The van der Waals surface area contributed by atoms with Crippen molar-refractivity contribution in [3.05, 3.63) is 71.4 Å². The second-order valence-corrected chi connectivity index (χ2v) is 8.83. The average molecular weight is 444 g/mol. The van der Waals surface area contributed by atoms with Gasteiger partial charge in [-0.1, -0.05) is 32.0 Å². The molecule has 7 heteroatoms. The van der Waals surface area contributed by atoms with E-state index in [0.717, 1.165) is 16.7 Å². The number of fused-ring (bicyclic) bond motifs is 4. The van der Waals surface area contributed by atoms with Gasteiger partial charge in [-0.05, 0) is 48.2 Å². The minimum atomic E-state index is -0.365. The Morgan fingerprint density at radius 2 is 1.76 bits per heavy atom. The molecule has 0 fully saturated rings. The van der Waals surface area contributed by atoms with E-state index < -0.39 is 0 Å². The Labute approximate surface area is 192 Å². The van der Waals surface area contributed by atoms with Crippen LogP contribution in [-0.4, -0.2) is 34.3 Å². The Hall–Kier alpha value is -3.87. The molecular formula is C26H25N3O4. The monoisotopic (exact) mass is 443 g/mol. The zero-order chi connectivity index (χ0) is 23.1. The number of benzene rings is 2. The first-order valence-corrected chi connectivity index (χ1v) is 11.0. The standard InChI is InChI=1S/C26H25N3O4/c1-15(2)9-17(29-25(30)20-5-3-4-6-21(20)26(29)31)14-32-18-7-8-19-16(10-18)13-33-23-12-28-24(27)11-22(19)23/h3-8,10-12,15,17H,9,13-14H2,1-2H3,(H2,27,28). The molecule has 168 valence electrons. The smallest absolute Gasteiger partial charge is 0.261 e. The summed E-state index contributed by atoms with van der Waals surface area (Å²) in [4.78, 5) is 31.4. The van der Waals surface area contributed by atoms with Crippen LogP contribution in [0.5, 0.6) is 11.5 Å². The number of imide groups is 1. The van der Waals surface area contributed by atoms with Crippen molar-refractivity contribution in [1.29, 1.82) is 0 Å². The first kappa shape index (κ1) is 21.0. The third kappa shape index (κ3) is 3.80. The van der Waals surface area contributed by atoms with Crippen molar-refractivity contribution in [2.24, 2.45) is 5.92 Å². The highest BCUT2D eigenvalue weighted by molar-refractivity contribution is 6.21. The topological polar surface area (TPSA) is 94.8 Å². The van der Waals surface area contributed by atoms with Gasteiger partial charge in [-0.25, -0.2) is 4.98 Å². The molecule has 1 unspecified atom stereocenters. The SMILES string of the molecule is CC(C)CC(COc1ccc2c(c1)COc1cnc(N)cc1-2)N1C(=O)c2ccccc2C1=O. The second-order valence-electron chi connectivity index (χ2n) is 8.83. The van der Waals surface area contributed by atoms with Gasteiger partial charge < -0.3 is 15.2 Å². The van der Waals surface area contributed by atoms with Crippen LogP contribution in [-0.2, 0) is 6.61 Å². The summed E-state index contributed by atoms with van der Waals surface area (Å²) in [5.74, 6) is 1.57. The fraction of sp³-hybridized carbons (Fsp3) is 0.269. The molecular weight excluding hydrogens is 418 g/mol. The van der Waals surface area contributed by atoms with Gasteiger partial charge in [-0.2, -0.15) is 0 Å². The maximum absolute atomic E-state index is 13.0. The van der Waals surface area contributed by atoms with Crippen LogP contribution in [0.3, 0.4) is 0 Å². The van der Waals surface area contributed by atoms with E-state index >= 15 is 0 Å². The summed E-state index contributed by atoms with van der Waals surface area (Å²) in [5.41, 5.74) is 9.66. The van der Waals surface area contributed by atoms with Gasteiger partial charge in [0.2, 0.25) is 0 Å². The van der Waals surface area contributed by atoms with Gasteiger partial charge in [0.15, 0.2) is 0 Å². The van der Waals surface area contributed by atoms with Gasteiger partial charge in [0.1, 0.15) is 30.5 Å². The average Bonchev–Trinajstić information content (AvgIpc) is 3.06. The number of nitrogens with zero attached hydrogens (tertiary/aromatic N) is 2. The molecule has 0 spiro atoms. The van der Waals surface area contributed by atoms with E-state index in [1.807, 2.05) is 18.2 Å². The summed E-state index contributed by atoms with van der Waals surface area (Å²) in [7, 11) is 0. The maximum Gasteiger partial charge on any atom is 0.261 e. The molecule has 1 aromatic heterocycles. The molecule has 2 N–H and O–H groups in total. The number of carbonyl (C=O) groups is 2. The molecule has 7 nitrogen and oxygen atoms in total. The number of anilines is 1. The van der Waals surface area contributed by atoms with Crippen LogP contribution in [0.15, 0.2) is 54.7 Å². The van der Waals surface area contributed by atoms with Gasteiger partial charge >= 0.3 is 0 Å². The number of aromatic nitrogens is 1. The van der Waals surface area contributed by atoms with Crippen LogP contribution in [0, 0.1) is 5.92 Å². The van der Waals surface area contributed by atoms with Crippen molar-refractivity contribution >= 4 is 17.6 Å². The van der Waals surface area contributed by atoms with Crippen molar-refractivity contribution in [2.45, 2.75) is 32.9 Å². The predicted molar refractivity (Wildman–Crippen MR) is 124 cm³/mol. The highest BCUT2D eigenvalue weighted by Crippen LogP contribution is 2.39. The lowest BCUT2D eigenvalue weighted by Gasteiger charge is -2.28. The molecule has 0 bridgehead atoms. The number of amides is 2. The van der Waals surface area contributed by atoms with Crippen molar-refractivity contribution in [1.82, 2.24) is 9.88 Å². The Bertz CT molecular complexity index is 1220. The van der Waals surface area contributed by atoms with E-state index in [9.17, 15) is 9.59 Å². The van der Waals surface area contributed by atoms with Crippen LogP contribution in [0.25, 0.3) is 11.1 Å². The molecule has 33 heavy (non-hydrogen) atoms. The Morgan fingerprint density at radius 1 is 1.03 bits per heavy atom. The molecule has 0 aliphatic carbocycles. The second kappa shape index (κ2) is 8.24. The van der Waals surface area contributed by atoms with Crippen LogP contribution >= 0.6 is 0 Å². The summed E-state index contributed by atoms with van der Waals surface area (Å²) in [6.45, 7) is 4.76. The number of hydrogen-bond donors (Lipinski definition) is 1. The molecule has 3 aromatic rings. The minimum Gasteiger partial charge on any atom is -0.491 e. The van der Waals surface area contributed by atoms with Gasteiger partial charge in [-0.3, -0.25) is 14.5 Å². The molecule has 2 amide bonds. The highest BCUT2D eigenvalue weighted by atomic mass is 16.5. The third-order valence-corrected chi connectivity index (χ3v) is 6.02. The minimum absolute atomic E-state index is 0.219. The Kier molecular flexibility index (Phi) is 5.24. The van der Waals surface area contributed by atoms with Crippen LogP contribution < -0.4 is 15.2 Å².